The molecular weight excluding hydrogens is 208 g/mol. The Balaban J connectivity index is 2.53. The van der Waals surface area contributed by atoms with Gasteiger partial charge in [0.2, 0.25) is 0 Å². The number of carboxylic acid groups (broad SMARTS) is 1. The number of carbonyl (C=O) groups is 1. The van der Waals surface area contributed by atoms with E-state index in [9.17, 15) is 9.59 Å². The van der Waals surface area contributed by atoms with Gasteiger partial charge in [-0.1, -0.05) is 6.07 Å². The van der Waals surface area contributed by atoms with E-state index < -0.39 is 5.97 Å². The van der Waals surface area contributed by atoms with Gasteiger partial charge in [0.25, 0.3) is 5.56 Å². The first kappa shape index (κ1) is 10.1. The Morgan fingerprint density at radius 1 is 1.44 bits per heavy atom. The molecule has 0 fully saturated rings. The molecule has 0 aliphatic heterocycles. The van der Waals surface area contributed by atoms with Crippen LogP contribution in [-0.2, 0) is 4.79 Å². The van der Waals surface area contributed by atoms with Gasteiger partial charge in [-0.3, -0.25) is 4.79 Å². The van der Waals surface area contributed by atoms with Gasteiger partial charge in [-0.05, 0) is 23.8 Å². The molecule has 1 aromatic carbocycles. The van der Waals surface area contributed by atoms with Crippen molar-refractivity contribution in [3.05, 3.63) is 46.5 Å². The van der Waals surface area contributed by atoms with Crippen LogP contribution in [-0.4, -0.2) is 21.0 Å². The zero-order valence-corrected chi connectivity index (χ0v) is 8.18. The fourth-order valence-electron chi connectivity index (χ4n) is 1.36. The molecule has 2 N–H and O–H groups in total. The summed E-state index contributed by atoms with van der Waals surface area (Å²) in [5, 5.41) is 8.96. The summed E-state index contributed by atoms with van der Waals surface area (Å²) in [6.45, 7) is 0. The van der Waals surface area contributed by atoms with Gasteiger partial charge in [-0.15, -0.1) is 0 Å². The first-order valence-corrected chi connectivity index (χ1v) is 4.55. The Morgan fingerprint density at radius 3 is 3.00 bits per heavy atom. The number of nitrogens with one attached hydrogen (secondary N) is 1. The summed E-state index contributed by atoms with van der Waals surface area (Å²) in [6, 6.07) is 4.94. The maximum absolute atomic E-state index is 11.3. The Hall–Kier alpha value is -2.43. The minimum absolute atomic E-state index is 0.209. The lowest BCUT2D eigenvalue weighted by Gasteiger charge is -1.96. The standard InChI is InChI=1S/C11H8N2O3/c14-10(15)4-2-7-1-3-8-9(5-7)12-6-13-11(8)16/h1-6H,(H,14,15)(H,12,13,16). The molecule has 0 radical (unpaired) electrons. The lowest BCUT2D eigenvalue weighted by atomic mass is 10.1. The number of fused-ring (bicyclic) bond motifs is 1. The SMILES string of the molecule is O=C(O)C=Cc1ccc2c(=O)[nH]cnc2c1. The first-order valence-electron chi connectivity index (χ1n) is 4.55. The Labute approximate surface area is 90.1 Å². The number of aliphatic carboxylic acids is 1. The van der Waals surface area contributed by atoms with Gasteiger partial charge >= 0.3 is 5.97 Å². The van der Waals surface area contributed by atoms with E-state index in [1.165, 1.54) is 12.4 Å². The van der Waals surface area contributed by atoms with Crippen LogP contribution >= 0.6 is 0 Å². The van der Waals surface area contributed by atoms with Gasteiger partial charge in [-0.2, -0.15) is 0 Å². The van der Waals surface area contributed by atoms with E-state index in [2.05, 4.69) is 9.97 Å². The third kappa shape index (κ3) is 1.98. The highest BCUT2D eigenvalue weighted by molar-refractivity contribution is 5.87. The van der Waals surface area contributed by atoms with E-state index in [4.69, 9.17) is 5.11 Å². The molecule has 0 aliphatic rings. The van der Waals surface area contributed by atoms with Gasteiger partial charge in [0.05, 0.1) is 17.2 Å². The van der Waals surface area contributed by atoms with Crippen molar-refractivity contribution in [2.24, 2.45) is 0 Å². The van der Waals surface area contributed by atoms with Gasteiger partial charge in [0.15, 0.2) is 0 Å². The molecule has 0 aliphatic carbocycles. The second kappa shape index (κ2) is 3.98. The largest absolute Gasteiger partial charge is 0.478 e. The van der Waals surface area contributed by atoms with Crippen molar-refractivity contribution in [1.82, 2.24) is 9.97 Å². The Kier molecular flexibility index (Phi) is 2.51. The summed E-state index contributed by atoms with van der Waals surface area (Å²) in [5.74, 6) is -1.01. The van der Waals surface area contributed by atoms with E-state index in [0.29, 0.717) is 16.5 Å². The fourth-order valence-corrected chi connectivity index (χ4v) is 1.36. The van der Waals surface area contributed by atoms with E-state index in [1.54, 1.807) is 18.2 Å². The van der Waals surface area contributed by atoms with Gasteiger partial charge in [-0.25, -0.2) is 9.78 Å². The van der Waals surface area contributed by atoms with E-state index in [1.807, 2.05) is 0 Å². The molecule has 0 saturated carbocycles. The molecule has 1 heterocycles. The summed E-state index contributed by atoms with van der Waals surface area (Å²) in [6.07, 6.45) is 3.80. The number of rotatable bonds is 2. The molecule has 2 rings (SSSR count). The second-order valence-electron chi connectivity index (χ2n) is 3.18. The molecule has 5 nitrogen and oxygen atoms in total. The van der Waals surface area contributed by atoms with Crippen LogP contribution in [0.3, 0.4) is 0 Å². The number of aromatic amines is 1. The van der Waals surface area contributed by atoms with Crippen molar-refractivity contribution in [2.45, 2.75) is 0 Å². The normalized spacial score (nSPS) is 11.0. The zero-order chi connectivity index (χ0) is 11.5. The molecule has 1 aromatic heterocycles. The average Bonchev–Trinajstić information content (AvgIpc) is 2.26. The number of nitrogens with zero attached hydrogens (tertiary/aromatic N) is 1. The minimum atomic E-state index is -1.01. The van der Waals surface area contributed by atoms with Crippen LogP contribution in [0.15, 0.2) is 35.4 Å². The number of hydrogen-bond acceptors (Lipinski definition) is 3. The lowest BCUT2D eigenvalue weighted by molar-refractivity contribution is -0.131. The maximum Gasteiger partial charge on any atom is 0.328 e. The molecule has 0 amide bonds. The molecule has 0 atom stereocenters. The predicted octanol–water partition coefficient (Wildman–Crippen LogP) is 1.02. The molecule has 0 unspecified atom stereocenters. The third-order valence-corrected chi connectivity index (χ3v) is 2.08. The summed E-state index contributed by atoms with van der Waals surface area (Å²) in [5.41, 5.74) is 1.02. The Morgan fingerprint density at radius 2 is 2.25 bits per heavy atom. The van der Waals surface area contributed by atoms with Crippen LogP contribution in [0.5, 0.6) is 0 Å². The minimum Gasteiger partial charge on any atom is -0.478 e. The number of H-pyrrole nitrogens is 1. The highest BCUT2D eigenvalue weighted by atomic mass is 16.4. The summed E-state index contributed by atoms with van der Waals surface area (Å²) < 4.78 is 0. The van der Waals surface area contributed by atoms with Crippen LogP contribution in [0.25, 0.3) is 17.0 Å². The van der Waals surface area contributed by atoms with Crippen molar-refractivity contribution < 1.29 is 9.90 Å². The number of benzene rings is 1. The monoisotopic (exact) mass is 216 g/mol. The molecule has 0 spiro atoms. The Bertz CT molecular complexity index is 628. The first-order chi connectivity index (χ1) is 7.66. The third-order valence-electron chi connectivity index (χ3n) is 2.08. The maximum atomic E-state index is 11.3. The molecule has 5 heteroatoms. The van der Waals surface area contributed by atoms with Crippen molar-refractivity contribution in [3.63, 3.8) is 0 Å². The van der Waals surface area contributed by atoms with Crippen molar-refractivity contribution in [3.8, 4) is 0 Å². The van der Waals surface area contributed by atoms with E-state index >= 15 is 0 Å². The summed E-state index contributed by atoms with van der Waals surface area (Å²) in [7, 11) is 0. The summed E-state index contributed by atoms with van der Waals surface area (Å²) in [4.78, 5) is 28.1. The average molecular weight is 216 g/mol. The molecule has 2 aromatic rings. The smallest absolute Gasteiger partial charge is 0.328 e. The highest BCUT2D eigenvalue weighted by Crippen LogP contribution is 2.10. The van der Waals surface area contributed by atoms with Gasteiger partial charge in [0.1, 0.15) is 0 Å². The van der Waals surface area contributed by atoms with Gasteiger partial charge in [0, 0.05) is 6.08 Å². The zero-order valence-electron chi connectivity index (χ0n) is 8.18. The molecule has 0 bridgehead atoms. The van der Waals surface area contributed by atoms with Crippen LogP contribution in [0.2, 0.25) is 0 Å². The van der Waals surface area contributed by atoms with Gasteiger partial charge < -0.3 is 10.1 Å². The fraction of sp³-hybridized carbons (Fsp3) is 0. The summed E-state index contributed by atoms with van der Waals surface area (Å²) >= 11 is 0. The quantitative estimate of drug-likeness (QED) is 0.734. The van der Waals surface area contributed by atoms with Crippen LogP contribution in [0.4, 0.5) is 0 Å². The number of aromatic nitrogens is 2. The highest BCUT2D eigenvalue weighted by Gasteiger charge is 1.99. The predicted molar refractivity (Wildman–Crippen MR) is 59.0 cm³/mol. The van der Waals surface area contributed by atoms with Crippen molar-refractivity contribution in [2.75, 3.05) is 0 Å². The molecular formula is C11H8N2O3. The van der Waals surface area contributed by atoms with E-state index in [-0.39, 0.29) is 5.56 Å². The van der Waals surface area contributed by atoms with Crippen molar-refractivity contribution >= 4 is 22.9 Å². The van der Waals surface area contributed by atoms with Crippen molar-refractivity contribution in [1.29, 1.82) is 0 Å². The van der Waals surface area contributed by atoms with Crippen LogP contribution < -0.4 is 5.56 Å². The molecule has 0 saturated heterocycles. The van der Waals surface area contributed by atoms with E-state index in [0.717, 1.165) is 6.08 Å². The molecule has 16 heavy (non-hydrogen) atoms. The van der Waals surface area contributed by atoms with Crippen LogP contribution in [0.1, 0.15) is 5.56 Å². The lowest BCUT2D eigenvalue weighted by Crippen LogP contribution is -2.05. The number of hydrogen-bond donors (Lipinski definition) is 2. The topological polar surface area (TPSA) is 83.0 Å². The molecule has 80 valence electrons. The second-order valence-corrected chi connectivity index (χ2v) is 3.18. The number of carboxylic acids is 1. The van der Waals surface area contributed by atoms with Crippen LogP contribution in [0, 0.1) is 0 Å².